The summed E-state index contributed by atoms with van der Waals surface area (Å²) in [7, 11) is 0. The number of hydrogen-bond acceptors (Lipinski definition) is 4. The summed E-state index contributed by atoms with van der Waals surface area (Å²) >= 11 is 0. The molecule has 4 aliphatic carbocycles. The highest BCUT2D eigenvalue weighted by molar-refractivity contribution is 5.94. The fourth-order valence-electron chi connectivity index (χ4n) is 5.98. The van der Waals surface area contributed by atoms with Crippen molar-refractivity contribution in [1.29, 1.82) is 0 Å². The maximum atomic E-state index is 13.1. The molecule has 0 unspecified atom stereocenters. The first-order valence-electron chi connectivity index (χ1n) is 10.1. The van der Waals surface area contributed by atoms with E-state index in [9.17, 15) is 4.79 Å². The van der Waals surface area contributed by atoms with Crippen molar-refractivity contribution in [2.75, 3.05) is 0 Å². The number of ether oxygens (including phenoxy) is 1. The largest absolute Gasteiger partial charge is 0.489 e. The quantitative estimate of drug-likeness (QED) is 0.859. The lowest BCUT2D eigenvalue weighted by Crippen LogP contribution is -2.60. The highest BCUT2D eigenvalue weighted by Crippen LogP contribution is 2.55. The van der Waals surface area contributed by atoms with E-state index >= 15 is 0 Å². The number of para-hydroxylation sites is 1. The van der Waals surface area contributed by atoms with Crippen molar-refractivity contribution in [2.45, 2.75) is 57.6 Å². The standard InChI is InChI=1S/C22H26N2O3/c1-14-19(13-26-18-5-3-2-4-6-18)20(24-27-14)21(25)23-22-10-15-7-16(11-22)9-17(8-15)12-22/h2-6,15-17H,7-13H2,1H3,(H,23,25). The molecule has 0 radical (unpaired) electrons. The lowest BCUT2D eigenvalue weighted by atomic mass is 9.53. The van der Waals surface area contributed by atoms with Gasteiger partial charge in [0, 0.05) is 5.54 Å². The highest BCUT2D eigenvalue weighted by atomic mass is 16.5. The minimum absolute atomic E-state index is 0.0315. The van der Waals surface area contributed by atoms with Crippen LogP contribution in [-0.2, 0) is 6.61 Å². The Morgan fingerprint density at radius 1 is 1.15 bits per heavy atom. The second-order valence-corrected chi connectivity index (χ2v) is 8.82. The number of hydrogen-bond donors (Lipinski definition) is 1. The Labute approximate surface area is 159 Å². The maximum absolute atomic E-state index is 13.1. The average Bonchev–Trinajstić information content (AvgIpc) is 3.00. The minimum Gasteiger partial charge on any atom is -0.489 e. The summed E-state index contributed by atoms with van der Waals surface area (Å²) in [5.74, 6) is 3.66. The van der Waals surface area contributed by atoms with Crippen LogP contribution in [0.25, 0.3) is 0 Å². The van der Waals surface area contributed by atoms with Gasteiger partial charge in [0.05, 0.1) is 5.56 Å². The van der Waals surface area contributed by atoms with Crippen LogP contribution in [0.4, 0.5) is 0 Å². The normalized spacial score (nSPS) is 31.1. The van der Waals surface area contributed by atoms with Gasteiger partial charge in [0.2, 0.25) is 0 Å². The van der Waals surface area contributed by atoms with Crippen molar-refractivity contribution in [2.24, 2.45) is 17.8 Å². The molecule has 0 atom stereocenters. The van der Waals surface area contributed by atoms with E-state index in [4.69, 9.17) is 9.26 Å². The van der Waals surface area contributed by atoms with Gasteiger partial charge in [-0.05, 0) is 75.3 Å². The van der Waals surface area contributed by atoms with Crippen molar-refractivity contribution >= 4 is 5.91 Å². The zero-order valence-electron chi connectivity index (χ0n) is 15.7. The molecule has 1 N–H and O–H groups in total. The maximum Gasteiger partial charge on any atom is 0.274 e. The van der Waals surface area contributed by atoms with Gasteiger partial charge in [0.1, 0.15) is 18.1 Å². The molecule has 4 saturated carbocycles. The highest BCUT2D eigenvalue weighted by Gasteiger charge is 2.51. The fraction of sp³-hybridized carbons (Fsp3) is 0.545. The van der Waals surface area contributed by atoms with Gasteiger partial charge < -0.3 is 14.6 Å². The summed E-state index contributed by atoms with van der Waals surface area (Å²) in [5, 5.41) is 7.43. The minimum atomic E-state index is -0.111. The van der Waals surface area contributed by atoms with E-state index in [1.807, 2.05) is 37.3 Å². The van der Waals surface area contributed by atoms with Crippen LogP contribution in [0.1, 0.15) is 60.3 Å². The molecule has 1 heterocycles. The number of carbonyl (C=O) groups is 1. The summed E-state index contributed by atoms with van der Waals surface area (Å²) < 4.78 is 11.2. The number of benzene rings is 1. The van der Waals surface area contributed by atoms with Crippen LogP contribution < -0.4 is 10.1 Å². The lowest BCUT2D eigenvalue weighted by molar-refractivity contribution is -0.0168. The Morgan fingerprint density at radius 2 is 1.78 bits per heavy atom. The third-order valence-corrected chi connectivity index (χ3v) is 6.74. The second kappa shape index (κ2) is 6.39. The predicted octanol–water partition coefficient (Wildman–Crippen LogP) is 4.26. The molecule has 5 heteroatoms. The smallest absolute Gasteiger partial charge is 0.274 e. The molecule has 27 heavy (non-hydrogen) atoms. The van der Waals surface area contributed by atoms with Crippen LogP contribution >= 0.6 is 0 Å². The molecule has 4 aliphatic rings. The number of nitrogens with one attached hydrogen (secondary N) is 1. The van der Waals surface area contributed by atoms with Gasteiger partial charge in [-0.3, -0.25) is 4.79 Å². The van der Waals surface area contributed by atoms with Crippen molar-refractivity contribution in [3.63, 3.8) is 0 Å². The Bertz CT molecular complexity index is 807. The van der Waals surface area contributed by atoms with Crippen LogP contribution in [0.2, 0.25) is 0 Å². The van der Waals surface area contributed by atoms with Gasteiger partial charge in [-0.2, -0.15) is 0 Å². The molecule has 1 aromatic carbocycles. The van der Waals surface area contributed by atoms with E-state index in [-0.39, 0.29) is 18.1 Å². The van der Waals surface area contributed by atoms with Crippen LogP contribution in [0.15, 0.2) is 34.9 Å². The molecule has 142 valence electrons. The number of aromatic nitrogens is 1. The Hall–Kier alpha value is -2.30. The number of amides is 1. The Morgan fingerprint density at radius 3 is 2.41 bits per heavy atom. The molecule has 4 bridgehead atoms. The van der Waals surface area contributed by atoms with Gasteiger partial charge >= 0.3 is 0 Å². The monoisotopic (exact) mass is 366 g/mol. The van der Waals surface area contributed by atoms with E-state index in [1.54, 1.807) is 0 Å². The van der Waals surface area contributed by atoms with Crippen LogP contribution in [-0.4, -0.2) is 16.6 Å². The molecule has 5 nitrogen and oxygen atoms in total. The van der Waals surface area contributed by atoms with E-state index in [1.165, 1.54) is 19.3 Å². The van der Waals surface area contributed by atoms with Crippen LogP contribution in [0.5, 0.6) is 5.75 Å². The molecule has 0 aliphatic heterocycles. The summed E-state index contributed by atoms with van der Waals surface area (Å²) in [6.07, 6.45) is 7.43. The topological polar surface area (TPSA) is 64.4 Å². The molecule has 1 aromatic heterocycles. The van der Waals surface area contributed by atoms with Crippen molar-refractivity contribution in [1.82, 2.24) is 10.5 Å². The Kier molecular flexibility index (Phi) is 3.99. The first-order chi connectivity index (χ1) is 13.1. The molecule has 0 saturated heterocycles. The number of nitrogens with zero attached hydrogens (tertiary/aromatic N) is 1. The molecular weight excluding hydrogens is 340 g/mol. The van der Waals surface area contributed by atoms with Gasteiger partial charge in [0.25, 0.3) is 5.91 Å². The van der Waals surface area contributed by atoms with E-state index in [0.29, 0.717) is 11.5 Å². The number of aryl methyl sites for hydroxylation is 1. The third-order valence-electron chi connectivity index (χ3n) is 6.74. The predicted molar refractivity (Wildman–Crippen MR) is 100 cm³/mol. The first kappa shape index (κ1) is 16.8. The zero-order chi connectivity index (χ0) is 18.4. The van der Waals surface area contributed by atoms with Gasteiger partial charge in [-0.1, -0.05) is 23.4 Å². The molecule has 6 rings (SSSR count). The summed E-state index contributed by atoms with van der Waals surface area (Å²) in [6, 6.07) is 9.60. The van der Waals surface area contributed by atoms with Crippen LogP contribution in [0.3, 0.4) is 0 Å². The van der Waals surface area contributed by atoms with Gasteiger partial charge in [0.15, 0.2) is 5.69 Å². The van der Waals surface area contributed by atoms with Crippen LogP contribution in [0, 0.1) is 24.7 Å². The molecule has 1 amide bonds. The van der Waals surface area contributed by atoms with E-state index in [2.05, 4.69) is 10.5 Å². The summed E-state index contributed by atoms with van der Waals surface area (Å²) in [6.45, 7) is 2.11. The molecular formula is C22H26N2O3. The molecule has 2 aromatic rings. The number of rotatable bonds is 5. The first-order valence-corrected chi connectivity index (χ1v) is 10.1. The van der Waals surface area contributed by atoms with E-state index in [0.717, 1.165) is 48.3 Å². The Balaban J connectivity index is 1.32. The third kappa shape index (κ3) is 3.13. The SMILES string of the molecule is Cc1onc(C(=O)NC23CC4CC(CC(C4)C2)C3)c1COc1ccccc1. The second-order valence-electron chi connectivity index (χ2n) is 8.82. The average molecular weight is 366 g/mol. The van der Waals surface area contributed by atoms with Gasteiger partial charge in [-0.15, -0.1) is 0 Å². The van der Waals surface area contributed by atoms with E-state index < -0.39 is 0 Å². The van der Waals surface area contributed by atoms with Crippen molar-refractivity contribution in [3.05, 3.63) is 47.3 Å². The molecule has 0 spiro atoms. The number of carbonyl (C=O) groups excluding carboxylic acids is 1. The van der Waals surface area contributed by atoms with Crippen molar-refractivity contribution < 1.29 is 14.1 Å². The zero-order valence-corrected chi connectivity index (χ0v) is 15.7. The summed E-state index contributed by atoms with van der Waals surface area (Å²) in [4.78, 5) is 13.1. The summed E-state index contributed by atoms with van der Waals surface area (Å²) in [5.41, 5.74) is 1.08. The molecule has 4 fully saturated rings. The van der Waals surface area contributed by atoms with Crippen molar-refractivity contribution in [3.8, 4) is 5.75 Å². The lowest BCUT2D eigenvalue weighted by Gasteiger charge is -2.56. The van der Waals surface area contributed by atoms with Gasteiger partial charge in [-0.25, -0.2) is 0 Å². The fourth-order valence-corrected chi connectivity index (χ4v) is 5.98.